The van der Waals surface area contributed by atoms with Crippen molar-refractivity contribution in [1.29, 1.82) is 0 Å². The summed E-state index contributed by atoms with van der Waals surface area (Å²) in [5.41, 5.74) is 1.71. The van der Waals surface area contributed by atoms with E-state index in [0.717, 1.165) is 18.1 Å². The molecule has 1 saturated heterocycles. The number of hydrogen-bond acceptors (Lipinski definition) is 8. The van der Waals surface area contributed by atoms with Gasteiger partial charge in [0.2, 0.25) is 11.9 Å². The Kier molecular flexibility index (Phi) is 6.89. The molecule has 0 bridgehead atoms. The minimum atomic E-state index is -0.747. The third-order valence-corrected chi connectivity index (χ3v) is 6.10. The van der Waals surface area contributed by atoms with E-state index in [1.165, 1.54) is 0 Å². The molecule has 2 aromatic heterocycles. The zero-order valence-corrected chi connectivity index (χ0v) is 18.4. The molecule has 3 aromatic rings. The van der Waals surface area contributed by atoms with E-state index in [1.54, 1.807) is 30.5 Å². The molecule has 11 heteroatoms. The average Bonchev–Trinajstić information content (AvgIpc) is 2.82. The van der Waals surface area contributed by atoms with Gasteiger partial charge in [-0.1, -0.05) is 12.6 Å². The summed E-state index contributed by atoms with van der Waals surface area (Å²) in [5, 5.41) is 8.55. The molecule has 3 N–H and O–H groups in total. The number of pyridine rings is 1. The maximum Gasteiger partial charge on any atom is 0.247 e. The van der Waals surface area contributed by atoms with E-state index in [9.17, 15) is 13.4 Å². The first-order valence-corrected chi connectivity index (χ1v) is 11.6. The van der Waals surface area contributed by atoms with Gasteiger partial charge in [-0.15, -0.1) is 0 Å². The number of aromatic nitrogens is 3. The van der Waals surface area contributed by atoms with Crippen molar-refractivity contribution in [2.75, 3.05) is 45.4 Å². The second-order valence-electron chi connectivity index (χ2n) is 7.15. The van der Waals surface area contributed by atoms with Gasteiger partial charge in [-0.25, -0.2) is 14.4 Å². The Morgan fingerprint density at radius 1 is 1.06 bits per heavy atom. The third kappa shape index (κ3) is 5.89. The lowest BCUT2D eigenvalue weighted by Crippen LogP contribution is -2.38. The van der Waals surface area contributed by atoms with Crippen molar-refractivity contribution in [3.05, 3.63) is 67.3 Å². The molecule has 1 aliphatic rings. The van der Waals surface area contributed by atoms with Crippen molar-refractivity contribution in [3.63, 3.8) is 0 Å². The predicted octanol–water partition coefficient (Wildman–Crippen LogP) is 3.19. The predicted molar refractivity (Wildman–Crippen MR) is 128 cm³/mol. The van der Waals surface area contributed by atoms with Gasteiger partial charge >= 0.3 is 0 Å². The molecule has 33 heavy (non-hydrogen) atoms. The number of hydrogen-bond donors (Lipinski definition) is 3. The van der Waals surface area contributed by atoms with Gasteiger partial charge in [0.15, 0.2) is 11.6 Å². The Morgan fingerprint density at radius 3 is 2.58 bits per heavy atom. The van der Waals surface area contributed by atoms with Crippen LogP contribution in [0.2, 0.25) is 0 Å². The molecule has 0 spiro atoms. The minimum absolute atomic E-state index is 0.0226. The van der Waals surface area contributed by atoms with Crippen LogP contribution >= 0.6 is 0 Å². The van der Waals surface area contributed by atoms with E-state index < -0.39 is 16.6 Å². The fourth-order valence-corrected chi connectivity index (χ4v) is 4.22. The third-order valence-electron chi connectivity index (χ3n) is 4.83. The number of anilines is 6. The normalized spacial score (nSPS) is 13.9. The number of nitrogens with zero attached hydrogens (tertiary/aromatic N) is 4. The molecule has 9 nitrogen and oxygen atoms in total. The van der Waals surface area contributed by atoms with E-state index in [0.29, 0.717) is 41.7 Å². The Balaban J connectivity index is 1.44. The van der Waals surface area contributed by atoms with Crippen molar-refractivity contribution in [1.82, 2.24) is 15.0 Å². The van der Waals surface area contributed by atoms with E-state index >= 15 is 0 Å². The molecule has 1 aliphatic heterocycles. The molecule has 0 radical (unpaired) electrons. The van der Waals surface area contributed by atoms with Crippen LogP contribution in [0.15, 0.2) is 61.4 Å². The molecular weight excluding hydrogens is 445 g/mol. The van der Waals surface area contributed by atoms with Crippen molar-refractivity contribution in [3.8, 4) is 0 Å². The van der Waals surface area contributed by atoms with Crippen LogP contribution in [0.4, 0.5) is 39.0 Å². The second kappa shape index (κ2) is 10.2. The van der Waals surface area contributed by atoms with Crippen LogP contribution < -0.4 is 20.9 Å². The molecule has 170 valence electrons. The summed E-state index contributed by atoms with van der Waals surface area (Å²) < 4.78 is 25.8. The molecule has 0 saturated carbocycles. The highest BCUT2D eigenvalue weighted by Crippen LogP contribution is 2.23. The molecule has 1 aromatic carbocycles. The van der Waals surface area contributed by atoms with Crippen LogP contribution in [0.5, 0.6) is 0 Å². The van der Waals surface area contributed by atoms with Crippen LogP contribution in [0.25, 0.3) is 0 Å². The summed E-state index contributed by atoms with van der Waals surface area (Å²) in [7, 11) is -0.747. The topological polar surface area (TPSA) is 112 Å². The second-order valence-corrected chi connectivity index (χ2v) is 8.85. The molecule has 1 fully saturated rings. The fourth-order valence-electron chi connectivity index (χ4n) is 3.16. The van der Waals surface area contributed by atoms with Gasteiger partial charge in [-0.2, -0.15) is 4.98 Å². The number of carbonyl (C=O) groups is 1. The first-order valence-electron chi connectivity index (χ1n) is 10.2. The van der Waals surface area contributed by atoms with Crippen LogP contribution in [-0.4, -0.2) is 49.7 Å². The molecule has 0 atom stereocenters. The number of nitrogens with one attached hydrogen (secondary N) is 3. The Labute approximate surface area is 192 Å². The lowest BCUT2D eigenvalue weighted by molar-refractivity contribution is -0.111. The summed E-state index contributed by atoms with van der Waals surface area (Å²) >= 11 is 0. The number of carbonyl (C=O) groups excluding carboxylic acids is 1. The molecular formula is C22H22FN7O2S. The molecule has 3 heterocycles. The van der Waals surface area contributed by atoms with Crippen LogP contribution in [0.1, 0.15) is 0 Å². The van der Waals surface area contributed by atoms with Gasteiger partial charge < -0.3 is 20.9 Å². The van der Waals surface area contributed by atoms with Crippen molar-refractivity contribution in [2.45, 2.75) is 0 Å². The van der Waals surface area contributed by atoms with E-state index in [1.807, 2.05) is 12.1 Å². The smallest absolute Gasteiger partial charge is 0.247 e. The van der Waals surface area contributed by atoms with Gasteiger partial charge in [0.05, 0.1) is 18.1 Å². The van der Waals surface area contributed by atoms with Crippen LogP contribution in [0.3, 0.4) is 0 Å². The largest absolute Gasteiger partial charge is 0.355 e. The summed E-state index contributed by atoms with van der Waals surface area (Å²) in [5.74, 6) is 1.29. The maximum atomic E-state index is 14.3. The maximum absolute atomic E-state index is 14.3. The number of benzene rings is 1. The number of halogens is 1. The Hall–Kier alpha value is -3.86. The number of amides is 1. The molecule has 0 unspecified atom stereocenters. The van der Waals surface area contributed by atoms with Gasteiger partial charge in [-0.3, -0.25) is 9.00 Å². The number of rotatable bonds is 7. The lowest BCUT2D eigenvalue weighted by Gasteiger charge is -2.27. The van der Waals surface area contributed by atoms with Gasteiger partial charge in [-0.05, 0) is 36.4 Å². The summed E-state index contributed by atoms with van der Waals surface area (Å²) in [6.45, 7) is 4.83. The minimum Gasteiger partial charge on any atom is -0.355 e. The SMILES string of the molecule is C=CC(=O)Nc1cccc(Nc2nc(Nc3ccc(N4CCS(=O)CC4)nc3)ncc2F)c1. The zero-order valence-electron chi connectivity index (χ0n) is 17.6. The summed E-state index contributed by atoms with van der Waals surface area (Å²) in [6, 6.07) is 10.5. The molecule has 4 rings (SSSR count). The van der Waals surface area contributed by atoms with Crippen molar-refractivity contribution in [2.24, 2.45) is 0 Å². The standard InChI is InChI=1S/C22H22FN7O2S/c1-2-20(31)26-15-4-3-5-16(12-15)27-21-18(23)14-25-22(29-21)28-17-6-7-19(24-13-17)30-8-10-33(32)11-9-30/h2-7,12-14H,1,8-11H2,(H,26,31)(H2,25,27,28,29). The summed E-state index contributed by atoms with van der Waals surface area (Å²) in [4.78, 5) is 26.2. The molecule has 0 aliphatic carbocycles. The van der Waals surface area contributed by atoms with Crippen LogP contribution in [-0.2, 0) is 15.6 Å². The Bertz CT molecular complexity index is 1180. The van der Waals surface area contributed by atoms with Crippen molar-refractivity contribution >= 4 is 51.4 Å². The zero-order chi connectivity index (χ0) is 23.2. The average molecular weight is 468 g/mol. The highest BCUT2D eigenvalue weighted by Gasteiger charge is 2.16. The van der Waals surface area contributed by atoms with Gasteiger partial charge in [0.25, 0.3) is 0 Å². The monoisotopic (exact) mass is 467 g/mol. The van der Waals surface area contributed by atoms with Crippen LogP contribution in [0, 0.1) is 5.82 Å². The summed E-state index contributed by atoms with van der Waals surface area (Å²) in [6.07, 6.45) is 3.88. The quantitative estimate of drug-likeness (QED) is 0.454. The first-order chi connectivity index (χ1) is 16.0. The van der Waals surface area contributed by atoms with Crippen molar-refractivity contribution < 1.29 is 13.4 Å². The van der Waals surface area contributed by atoms with E-state index in [2.05, 4.69) is 42.4 Å². The van der Waals surface area contributed by atoms with E-state index in [4.69, 9.17) is 0 Å². The highest BCUT2D eigenvalue weighted by molar-refractivity contribution is 7.85. The lowest BCUT2D eigenvalue weighted by atomic mass is 10.2. The van der Waals surface area contributed by atoms with Gasteiger partial charge in [0, 0.05) is 46.8 Å². The van der Waals surface area contributed by atoms with Gasteiger partial charge in [0.1, 0.15) is 5.82 Å². The van der Waals surface area contributed by atoms with E-state index in [-0.39, 0.29) is 17.7 Å². The first kappa shape index (κ1) is 22.3. The highest BCUT2D eigenvalue weighted by atomic mass is 32.2. The Morgan fingerprint density at radius 2 is 1.85 bits per heavy atom. The fraction of sp³-hybridized carbons (Fsp3) is 0.182. The molecule has 1 amide bonds.